The lowest BCUT2D eigenvalue weighted by Gasteiger charge is -2.34. The summed E-state index contributed by atoms with van der Waals surface area (Å²) in [5, 5.41) is 0. The highest BCUT2D eigenvalue weighted by atomic mass is 16.6. The monoisotopic (exact) mass is 609 g/mol. The molecule has 0 radical (unpaired) electrons. The number of nitrogens with zero attached hydrogens (tertiary/aromatic N) is 7. The van der Waals surface area contributed by atoms with Crippen LogP contribution >= 0.6 is 0 Å². The third kappa shape index (κ3) is 6.38. The maximum Gasteiger partial charge on any atom is 0.420 e. The van der Waals surface area contributed by atoms with Crippen molar-refractivity contribution in [2.75, 3.05) is 13.1 Å². The molecule has 1 unspecified atom stereocenters. The second kappa shape index (κ2) is 11.3. The Kier molecular flexibility index (Phi) is 7.58. The second-order valence-electron chi connectivity index (χ2n) is 13.6. The van der Waals surface area contributed by atoms with E-state index in [-0.39, 0.29) is 12.1 Å². The molecule has 11 heteroatoms. The second-order valence-corrected chi connectivity index (χ2v) is 13.6. The van der Waals surface area contributed by atoms with Crippen LogP contribution in [0.25, 0.3) is 44.6 Å². The van der Waals surface area contributed by atoms with E-state index in [4.69, 9.17) is 19.4 Å². The van der Waals surface area contributed by atoms with Crippen LogP contribution in [0.5, 0.6) is 0 Å². The van der Waals surface area contributed by atoms with Gasteiger partial charge in [-0.3, -0.25) is 4.98 Å². The number of hydrogen-bond acceptors (Lipinski definition) is 8. The maximum absolute atomic E-state index is 13.3. The summed E-state index contributed by atoms with van der Waals surface area (Å²) < 4.78 is 14.9. The number of aromatic nitrogens is 6. The van der Waals surface area contributed by atoms with Gasteiger partial charge in [0.2, 0.25) is 0 Å². The molecule has 234 valence electrons. The molecule has 1 aliphatic heterocycles. The highest BCUT2D eigenvalue weighted by Gasteiger charge is 2.29. The number of rotatable bonds is 3. The van der Waals surface area contributed by atoms with Crippen LogP contribution in [0.4, 0.5) is 9.59 Å². The van der Waals surface area contributed by atoms with Gasteiger partial charge in [0, 0.05) is 42.3 Å². The molecule has 1 aliphatic rings. The molecule has 0 bridgehead atoms. The van der Waals surface area contributed by atoms with E-state index in [9.17, 15) is 9.59 Å². The fourth-order valence-corrected chi connectivity index (χ4v) is 5.66. The lowest BCUT2D eigenvalue weighted by atomic mass is 10.0. The Morgan fingerprint density at radius 3 is 2.40 bits per heavy atom. The summed E-state index contributed by atoms with van der Waals surface area (Å²) in [5.41, 5.74) is 5.52. The third-order valence-corrected chi connectivity index (χ3v) is 7.60. The number of carbonyl (C=O) groups excluding carboxylic acids is 2. The van der Waals surface area contributed by atoms with E-state index >= 15 is 0 Å². The van der Waals surface area contributed by atoms with Gasteiger partial charge >= 0.3 is 12.2 Å². The molecule has 1 fully saturated rings. The molecule has 45 heavy (non-hydrogen) atoms. The molecule has 1 saturated heterocycles. The van der Waals surface area contributed by atoms with Gasteiger partial charge in [0.25, 0.3) is 0 Å². The van der Waals surface area contributed by atoms with Gasteiger partial charge in [-0.15, -0.1) is 0 Å². The summed E-state index contributed by atoms with van der Waals surface area (Å²) in [5.74, 6) is 0. The number of hydrogen-bond donors (Lipinski definition) is 0. The number of piperidine rings is 1. The van der Waals surface area contributed by atoms with Crippen LogP contribution in [-0.4, -0.2) is 70.4 Å². The van der Waals surface area contributed by atoms with Crippen molar-refractivity contribution in [2.24, 2.45) is 0 Å². The average Bonchev–Trinajstić information content (AvgIpc) is 3.57. The van der Waals surface area contributed by atoms with Crippen LogP contribution in [0.2, 0.25) is 0 Å². The molecule has 4 aromatic heterocycles. The minimum Gasteiger partial charge on any atom is -0.444 e. The van der Waals surface area contributed by atoms with Crippen molar-refractivity contribution in [1.29, 1.82) is 0 Å². The van der Waals surface area contributed by atoms with Gasteiger partial charge in [-0.2, -0.15) is 0 Å². The van der Waals surface area contributed by atoms with Crippen LogP contribution < -0.4 is 0 Å². The minimum absolute atomic E-state index is 0.0379. The number of ether oxygens (including phenoxy) is 2. The quantitative estimate of drug-likeness (QED) is 0.211. The Hall–Kier alpha value is -4.80. The first-order valence-corrected chi connectivity index (χ1v) is 15.3. The Labute approximate surface area is 262 Å². The molecule has 11 nitrogen and oxygen atoms in total. The lowest BCUT2D eigenvalue weighted by Crippen LogP contribution is -2.43. The van der Waals surface area contributed by atoms with Crippen molar-refractivity contribution in [1.82, 2.24) is 34.0 Å². The lowest BCUT2D eigenvalue weighted by molar-refractivity contribution is 0.0174. The van der Waals surface area contributed by atoms with Crippen LogP contribution in [0.15, 0.2) is 55.2 Å². The first-order valence-electron chi connectivity index (χ1n) is 15.3. The predicted molar refractivity (Wildman–Crippen MR) is 172 cm³/mol. The van der Waals surface area contributed by atoms with Crippen molar-refractivity contribution in [3.05, 3.63) is 60.9 Å². The van der Waals surface area contributed by atoms with Crippen LogP contribution in [0, 0.1) is 6.92 Å². The number of pyridine rings is 1. The van der Waals surface area contributed by atoms with Crippen molar-refractivity contribution in [3.63, 3.8) is 0 Å². The van der Waals surface area contributed by atoms with Crippen LogP contribution in [0.3, 0.4) is 0 Å². The Morgan fingerprint density at radius 1 is 0.911 bits per heavy atom. The number of likely N-dealkylation sites (tertiary alicyclic amines) is 1. The summed E-state index contributed by atoms with van der Waals surface area (Å²) in [6.45, 7) is 14.2. The highest BCUT2D eigenvalue weighted by molar-refractivity contribution is 5.98. The van der Waals surface area contributed by atoms with Gasteiger partial charge in [-0.1, -0.05) is 6.07 Å². The van der Waals surface area contributed by atoms with Crippen LogP contribution in [-0.2, 0) is 9.47 Å². The van der Waals surface area contributed by atoms with E-state index in [1.54, 1.807) is 23.5 Å². The normalized spacial score (nSPS) is 15.9. The molecule has 0 spiro atoms. The highest BCUT2D eigenvalue weighted by Crippen LogP contribution is 2.34. The molecular formula is C34H39N7O4. The molecular weight excluding hydrogens is 570 g/mol. The summed E-state index contributed by atoms with van der Waals surface area (Å²) in [6.07, 6.45) is 7.93. The molecule has 1 amide bonds. The largest absolute Gasteiger partial charge is 0.444 e. The van der Waals surface area contributed by atoms with E-state index in [0.29, 0.717) is 29.9 Å². The standard InChI is InChI=1S/C34H39N7O4/c1-21-15-23(12-13-35-21)27-17-36-30-29(38-27)25(19-40(30)32(43)45-34(5,6)7)22-10-11-26-28(16-22)41(20-37-26)24-9-8-14-39(18-24)31(42)44-33(2,3)4/h10-13,15-17,19-20,24H,8-9,14,18H2,1-7H3. The van der Waals surface area contributed by atoms with E-state index < -0.39 is 17.3 Å². The zero-order valence-electron chi connectivity index (χ0n) is 26.9. The van der Waals surface area contributed by atoms with Crippen molar-refractivity contribution in [3.8, 4) is 22.4 Å². The number of fused-ring (bicyclic) bond motifs is 2. The molecule has 6 rings (SSSR count). The number of benzene rings is 1. The van der Waals surface area contributed by atoms with E-state index in [2.05, 4.69) is 20.6 Å². The first kappa shape index (κ1) is 30.2. The summed E-state index contributed by atoms with van der Waals surface area (Å²) in [6, 6.07) is 9.89. The van der Waals surface area contributed by atoms with Gasteiger partial charge in [0.1, 0.15) is 16.7 Å². The van der Waals surface area contributed by atoms with Gasteiger partial charge in [-0.05, 0) is 91.1 Å². The van der Waals surface area contributed by atoms with Gasteiger partial charge in [0.15, 0.2) is 5.65 Å². The van der Waals surface area contributed by atoms with E-state index in [1.807, 2.05) is 79.1 Å². The van der Waals surface area contributed by atoms with Gasteiger partial charge < -0.3 is 18.9 Å². The zero-order valence-corrected chi connectivity index (χ0v) is 26.9. The number of carbonyl (C=O) groups is 2. The topological polar surface area (TPSA) is 117 Å². The zero-order chi connectivity index (χ0) is 32.1. The Morgan fingerprint density at radius 2 is 1.67 bits per heavy atom. The van der Waals surface area contributed by atoms with E-state index in [1.165, 1.54) is 4.57 Å². The van der Waals surface area contributed by atoms with Crippen molar-refractivity contribution < 1.29 is 19.1 Å². The molecule has 5 heterocycles. The minimum atomic E-state index is -0.686. The van der Waals surface area contributed by atoms with Crippen molar-refractivity contribution in [2.45, 2.75) is 78.6 Å². The summed E-state index contributed by atoms with van der Waals surface area (Å²) >= 11 is 0. The number of amides is 1. The molecule has 0 saturated carbocycles. The summed E-state index contributed by atoms with van der Waals surface area (Å²) in [4.78, 5) is 46.6. The maximum atomic E-state index is 13.3. The third-order valence-electron chi connectivity index (χ3n) is 7.60. The number of imidazole rings is 1. The molecule has 0 N–H and O–H groups in total. The summed E-state index contributed by atoms with van der Waals surface area (Å²) in [7, 11) is 0. The fraction of sp³-hybridized carbons (Fsp3) is 0.412. The first-order chi connectivity index (χ1) is 21.3. The molecule has 1 aromatic carbocycles. The Bertz CT molecular complexity index is 1910. The van der Waals surface area contributed by atoms with Gasteiger partial charge in [-0.25, -0.2) is 29.1 Å². The molecule has 5 aromatic rings. The average molecular weight is 610 g/mol. The van der Waals surface area contributed by atoms with E-state index in [0.717, 1.165) is 46.3 Å². The van der Waals surface area contributed by atoms with Crippen LogP contribution in [0.1, 0.15) is 66.1 Å². The molecule has 1 atom stereocenters. The fourth-order valence-electron chi connectivity index (χ4n) is 5.66. The molecule has 0 aliphatic carbocycles. The smallest absolute Gasteiger partial charge is 0.420 e. The van der Waals surface area contributed by atoms with Gasteiger partial charge in [0.05, 0.1) is 35.3 Å². The predicted octanol–water partition coefficient (Wildman–Crippen LogP) is 7.17. The van der Waals surface area contributed by atoms with Crippen molar-refractivity contribution >= 4 is 34.4 Å². The SMILES string of the molecule is Cc1cc(-c2cnc3c(n2)c(-c2ccc4ncn(C5CCCN(C(=O)OC(C)(C)C)C5)c4c2)cn3C(=O)OC(C)(C)C)ccn1. The number of aryl methyl sites for hydroxylation is 1. The Balaban J connectivity index is 1.42.